The number of aliphatic carboxylic acids is 1. The largest absolute Gasteiger partial charge is 0.493 e. The van der Waals surface area contributed by atoms with E-state index in [2.05, 4.69) is 0 Å². The van der Waals surface area contributed by atoms with Crippen molar-refractivity contribution in [2.24, 2.45) is 0 Å². The Kier molecular flexibility index (Phi) is 8.71. The van der Waals surface area contributed by atoms with Gasteiger partial charge in [0.25, 0.3) is 5.69 Å². The third-order valence-electron chi connectivity index (χ3n) is 2.63. The maximum absolute atomic E-state index is 10.7. The number of hydrogen-bond donors (Lipinski definition) is 1. The van der Waals surface area contributed by atoms with Crippen LogP contribution in [0.15, 0.2) is 18.2 Å². The van der Waals surface area contributed by atoms with Crippen molar-refractivity contribution in [2.75, 3.05) is 6.61 Å². The Bertz CT molecular complexity index is 505. The number of nitrogens with zero attached hydrogens (tertiary/aromatic N) is 1. The van der Waals surface area contributed by atoms with Gasteiger partial charge in [-0.05, 0) is 31.4 Å². The number of carboxylic acid groups (broad SMARTS) is 1. The summed E-state index contributed by atoms with van der Waals surface area (Å²) in [6.45, 7) is 0.344. The van der Waals surface area contributed by atoms with E-state index in [4.69, 9.17) is 9.84 Å². The Morgan fingerprint density at radius 3 is 2.62 bits per heavy atom. The van der Waals surface area contributed by atoms with Crippen LogP contribution < -0.4 is 4.74 Å². The van der Waals surface area contributed by atoms with Crippen LogP contribution in [0.2, 0.25) is 0 Å². The number of carbonyl (C=O) groups is 2. The van der Waals surface area contributed by atoms with E-state index in [1.165, 1.54) is 18.2 Å². The molecule has 7 nitrogen and oxygen atoms in total. The molecule has 0 saturated heterocycles. The molecule has 0 radical (unpaired) electrons. The number of nitro benzene ring substituents is 1. The molecular formula is C13H16ClNO6. The lowest BCUT2D eigenvalue weighted by molar-refractivity contribution is -0.385. The number of unbranched alkanes of at least 4 members (excludes halogenated alkanes) is 2. The topological polar surface area (TPSA) is 107 Å². The van der Waals surface area contributed by atoms with Crippen LogP contribution in [-0.2, 0) is 4.79 Å². The van der Waals surface area contributed by atoms with Gasteiger partial charge in [0.05, 0.1) is 23.2 Å². The first kappa shape index (κ1) is 18.9. The van der Waals surface area contributed by atoms with Gasteiger partial charge in [-0.2, -0.15) is 0 Å². The summed E-state index contributed by atoms with van der Waals surface area (Å²) in [5.41, 5.74) is -0.285. The van der Waals surface area contributed by atoms with Crippen LogP contribution in [0.1, 0.15) is 36.0 Å². The Balaban J connectivity index is 0.00000400. The maximum Gasteiger partial charge on any atom is 0.303 e. The van der Waals surface area contributed by atoms with Gasteiger partial charge >= 0.3 is 5.97 Å². The molecule has 0 aliphatic rings. The molecule has 0 atom stereocenters. The van der Waals surface area contributed by atoms with Crippen molar-refractivity contribution in [3.63, 3.8) is 0 Å². The number of carbonyl (C=O) groups excluding carboxylic acids is 1. The highest BCUT2D eigenvalue weighted by Gasteiger charge is 2.14. The molecule has 0 aliphatic heterocycles. The highest BCUT2D eigenvalue weighted by atomic mass is 35.5. The molecule has 0 aromatic heterocycles. The molecule has 1 N–H and O–H groups in total. The van der Waals surface area contributed by atoms with Gasteiger partial charge in [0.1, 0.15) is 5.75 Å². The number of rotatable bonds is 9. The molecule has 0 spiro atoms. The lowest BCUT2D eigenvalue weighted by Crippen LogP contribution is -2.01. The fourth-order valence-electron chi connectivity index (χ4n) is 1.62. The van der Waals surface area contributed by atoms with Gasteiger partial charge in [0, 0.05) is 6.42 Å². The SMILES string of the molecule is Cl.O=Cc1ccc(OCCCCCC(=O)O)cc1[N+](=O)[O-]. The molecule has 8 heteroatoms. The number of hydrogen-bond acceptors (Lipinski definition) is 5. The lowest BCUT2D eigenvalue weighted by Gasteiger charge is -2.06. The van der Waals surface area contributed by atoms with Gasteiger partial charge in [0.2, 0.25) is 0 Å². The summed E-state index contributed by atoms with van der Waals surface area (Å²) in [5, 5.41) is 19.2. The van der Waals surface area contributed by atoms with Crippen molar-refractivity contribution in [1.82, 2.24) is 0 Å². The molecule has 21 heavy (non-hydrogen) atoms. The minimum absolute atomic E-state index is 0. The van der Waals surface area contributed by atoms with Gasteiger partial charge < -0.3 is 9.84 Å². The fourth-order valence-corrected chi connectivity index (χ4v) is 1.62. The first-order valence-corrected chi connectivity index (χ1v) is 6.13. The van der Waals surface area contributed by atoms with Crippen molar-refractivity contribution < 1.29 is 24.4 Å². The zero-order valence-electron chi connectivity index (χ0n) is 11.2. The highest BCUT2D eigenvalue weighted by molar-refractivity contribution is 5.85. The first-order chi connectivity index (χ1) is 9.54. The minimum atomic E-state index is -0.828. The average Bonchev–Trinajstić information content (AvgIpc) is 2.42. The molecule has 1 rings (SSSR count). The first-order valence-electron chi connectivity index (χ1n) is 6.13. The number of nitro groups is 1. The Morgan fingerprint density at radius 2 is 2.05 bits per heavy atom. The van der Waals surface area contributed by atoms with Crippen molar-refractivity contribution >= 4 is 30.3 Å². The van der Waals surface area contributed by atoms with Gasteiger partial charge in [0.15, 0.2) is 6.29 Å². The molecule has 0 saturated carbocycles. The summed E-state index contributed by atoms with van der Waals surface area (Å²) < 4.78 is 5.34. The third-order valence-corrected chi connectivity index (χ3v) is 2.63. The summed E-state index contributed by atoms with van der Waals surface area (Å²) in [5.74, 6) is -0.508. The zero-order chi connectivity index (χ0) is 15.0. The van der Waals surface area contributed by atoms with Crippen molar-refractivity contribution in [3.8, 4) is 5.75 Å². The highest BCUT2D eigenvalue weighted by Crippen LogP contribution is 2.23. The predicted molar refractivity (Wildman–Crippen MR) is 77.3 cm³/mol. The van der Waals surface area contributed by atoms with E-state index >= 15 is 0 Å². The molecule has 1 aromatic carbocycles. The molecule has 0 aliphatic carbocycles. The third kappa shape index (κ3) is 6.71. The van der Waals surface area contributed by atoms with Gasteiger partial charge in [-0.15, -0.1) is 12.4 Å². The van der Waals surface area contributed by atoms with Crippen molar-refractivity contribution in [3.05, 3.63) is 33.9 Å². The van der Waals surface area contributed by atoms with Crippen LogP contribution in [0.5, 0.6) is 5.75 Å². The molecule has 0 bridgehead atoms. The second kappa shape index (κ2) is 9.71. The van der Waals surface area contributed by atoms with E-state index in [0.717, 1.165) is 0 Å². The van der Waals surface area contributed by atoms with Gasteiger partial charge in [-0.3, -0.25) is 19.7 Å². The van der Waals surface area contributed by atoms with Crippen LogP contribution in [-0.4, -0.2) is 28.9 Å². The van der Waals surface area contributed by atoms with Gasteiger partial charge in [-0.1, -0.05) is 0 Å². The summed E-state index contributed by atoms with van der Waals surface area (Å²) in [7, 11) is 0. The summed E-state index contributed by atoms with van der Waals surface area (Å²) in [4.78, 5) is 31.0. The minimum Gasteiger partial charge on any atom is -0.493 e. The number of carboxylic acids is 1. The molecule has 0 heterocycles. The summed E-state index contributed by atoms with van der Waals surface area (Å²) in [6, 6.07) is 4.04. The van der Waals surface area contributed by atoms with E-state index in [1.54, 1.807) is 0 Å². The number of benzene rings is 1. The van der Waals surface area contributed by atoms with E-state index in [1.807, 2.05) is 0 Å². The summed E-state index contributed by atoms with van der Waals surface area (Å²) in [6.07, 6.45) is 2.49. The molecule has 116 valence electrons. The molecule has 1 aromatic rings. The van der Waals surface area contributed by atoms with Crippen molar-refractivity contribution in [1.29, 1.82) is 0 Å². The monoisotopic (exact) mass is 317 g/mol. The Morgan fingerprint density at radius 1 is 1.33 bits per heavy atom. The number of halogens is 1. The zero-order valence-corrected chi connectivity index (χ0v) is 12.0. The van der Waals surface area contributed by atoms with Crippen LogP contribution in [0.4, 0.5) is 5.69 Å². The van der Waals surface area contributed by atoms with E-state index in [0.29, 0.717) is 37.9 Å². The van der Waals surface area contributed by atoms with Crippen LogP contribution in [0.3, 0.4) is 0 Å². The van der Waals surface area contributed by atoms with Crippen molar-refractivity contribution in [2.45, 2.75) is 25.7 Å². The second-order valence-corrected chi connectivity index (χ2v) is 4.15. The Hall–Kier alpha value is -2.15. The normalized spacial score (nSPS) is 9.52. The quantitative estimate of drug-likeness (QED) is 0.325. The van der Waals surface area contributed by atoms with Crippen LogP contribution >= 0.6 is 12.4 Å². The van der Waals surface area contributed by atoms with Gasteiger partial charge in [-0.25, -0.2) is 0 Å². The molecular weight excluding hydrogens is 302 g/mol. The molecule has 0 unspecified atom stereocenters. The van der Waals surface area contributed by atoms with E-state index in [-0.39, 0.29) is 30.1 Å². The average molecular weight is 318 g/mol. The fraction of sp³-hybridized carbons (Fsp3) is 0.385. The van der Waals surface area contributed by atoms with E-state index < -0.39 is 10.9 Å². The lowest BCUT2D eigenvalue weighted by atomic mass is 10.2. The number of aldehydes is 1. The predicted octanol–water partition coefficient (Wildman–Crippen LogP) is 2.85. The number of ether oxygens (including phenoxy) is 1. The molecule has 0 amide bonds. The maximum atomic E-state index is 10.7. The molecule has 0 fully saturated rings. The van der Waals surface area contributed by atoms with Crippen LogP contribution in [0, 0.1) is 10.1 Å². The Labute approximate surface area is 127 Å². The smallest absolute Gasteiger partial charge is 0.303 e. The second-order valence-electron chi connectivity index (χ2n) is 4.15. The van der Waals surface area contributed by atoms with Crippen LogP contribution in [0.25, 0.3) is 0 Å². The standard InChI is InChI=1S/C13H15NO6.ClH/c15-9-10-5-6-11(8-12(10)14(18)19)20-7-3-1-2-4-13(16)17;/h5-6,8-9H,1-4,7H2,(H,16,17);1H. The van der Waals surface area contributed by atoms with E-state index in [9.17, 15) is 19.7 Å². The summed E-state index contributed by atoms with van der Waals surface area (Å²) >= 11 is 0.